The van der Waals surface area contributed by atoms with Gasteiger partial charge in [-0.2, -0.15) is 0 Å². The molecule has 0 saturated carbocycles. The summed E-state index contributed by atoms with van der Waals surface area (Å²) < 4.78 is 28.2. The van der Waals surface area contributed by atoms with Crippen molar-refractivity contribution in [2.45, 2.75) is 12.2 Å². The van der Waals surface area contributed by atoms with Crippen LogP contribution in [0.25, 0.3) is 0 Å². The smallest absolute Gasteiger partial charge is 0.476 e. The van der Waals surface area contributed by atoms with Crippen LogP contribution in [-0.2, 0) is 47.4 Å². The Bertz CT molecular complexity index is 499. The maximum absolute atomic E-state index is 11.9. The molecule has 1 saturated heterocycles. The first-order chi connectivity index (χ1) is 11.4. The van der Waals surface area contributed by atoms with Gasteiger partial charge in [-0.1, -0.05) is 25.3 Å². The van der Waals surface area contributed by atoms with Gasteiger partial charge >= 0.3 is 31.2 Å². The summed E-state index contributed by atoms with van der Waals surface area (Å²) in [5.74, 6) is -4.68. The molecule has 1 aliphatic rings. The maximum Gasteiger partial charge on any atom is 0.717 e. The first-order valence-electron chi connectivity index (χ1n) is 6.59. The highest BCUT2D eigenvalue weighted by Gasteiger charge is 2.53. The lowest BCUT2D eigenvalue weighted by molar-refractivity contribution is -0.162. The van der Waals surface area contributed by atoms with Crippen molar-refractivity contribution in [2.24, 2.45) is 0 Å². The number of methoxy groups -OCH3 is 1. The van der Waals surface area contributed by atoms with Gasteiger partial charge in [0.15, 0.2) is 12.2 Å². The fraction of sp³-hybridized carbons (Fsp3) is 0.385. The molecule has 1 aliphatic heterocycles. The van der Waals surface area contributed by atoms with Gasteiger partial charge in [0.25, 0.3) is 0 Å². The third kappa shape index (κ3) is 5.21. The van der Waals surface area contributed by atoms with Crippen LogP contribution in [0.1, 0.15) is 0 Å². The topological polar surface area (TPSA) is 124 Å². The Morgan fingerprint density at radius 1 is 0.958 bits per heavy atom. The quantitative estimate of drug-likeness (QED) is 0.186. The summed E-state index contributed by atoms with van der Waals surface area (Å²) in [6.45, 7) is 6.45. The van der Waals surface area contributed by atoms with E-state index in [1.54, 1.807) is 0 Å². The number of hydrogen-bond acceptors (Lipinski definition) is 10. The van der Waals surface area contributed by atoms with Crippen LogP contribution in [0.3, 0.4) is 0 Å². The Morgan fingerprint density at radius 2 is 1.42 bits per heavy atom. The van der Waals surface area contributed by atoms with Gasteiger partial charge in [-0.05, 0) is 0 Å². The summed E-state index contributed by atoms with van der Waals surface area (Å²) in [4.78, 5) is 46.1. The summed E-state index contributed by atoms with van der Waals surface area (Å²) in [5.41, 5.74) is 0. The molecular formula is C13H15BO10. The molecule has 130 valence electrons. The van der Waals surface area contributed by atoms with Gasteiger partial charge in [0.2, 0.25) is 0 Å². The minimum absolute atomic E-state index is 0.139. The lowest BCUT2D eigenvalue weighted by atomic mass is 10.2. The molecule has 1 heterocycles. The summed E-state index contributed by atoms with van der Waals surface area (Å²) in [5, 5.41) is 0. The fourth-order valence-electron chi connectivity index (χ4n) is 1.49. The highest BCUT2D eigenvalue weighted by molar-refractivity contribution is 6.46. The van der Waals surface area contributed by atoms with E-state index in [-0.39, 0.29) is 13.2 Å². The average Bonchev–Trinajstić information content (AvgIpc) is 3.00. The second-order valence-corrected chi connectivity index (χ2v) is 4.14. The Morgan fingerprint density at radius 3 is 1.79 bits per heavy atom. The van der Waals surface area contributed by atoms with E-state index in [0.717, 1.165) is 7.11 Å². The molecular weight excluding hydrogens is 327 g/mol. The van der Waals surface area contributed by atoms with E-state index >= 15 is 0 Å². The van der Waals surface area contributed by atoms with Gasteiger partial charge in [-0.25, -0.2) is 19.2 Å². The molecule has 0 aromatic heterocycles. The number of ether oxygens (including phenoxy) is 3. The standard InChI is InChI=1S/C13H15BO10/c1-4-6-20-10(15)8-9(11(16)21-7-5-2)23-14(22-8)24-13(18)12(17)19-3/h4-5,8-9H,1-2,6-7H2,3H3. The van der Waals surface area contributed by atoms with E-state index < -0.39 is 43.4 Å². The summed E-state index contributed by atoms with van der Waals surface area (Å²) >= 11 is 0. The Labute approximate surface area is 137 Å². The maximum atomic E-state index is 11.9. The molecule has 0 aromatic carbocycles. The lowest BCUT2D eigenvalue weighted by Gasteiger charge is -2.14. The fourth-order valence-corrected chi connectivity index (χ4v) is 1.49. The zero-order valence-electron chi connectivity index (χ0n) is 12.8. The van der Waals surface area contributed by atoms with Gasteiger partial charge in [0.1, 0.15) is 13.2 Å². The first kappa shape index (κ1) is 19.4. The number of esters is 3. The van der Waals surface area contributed by atoms with Gasteiger partial charge in [0.05, 0.1) is 7.11 Å². The molecule has 0 radical (unpaired) electrons. The molecule has 24 heavy (non-hydrogen) atoms. The largest absolute Gasteiger partial charge is 0.717 e. The molecule has 2 atom stereocenters. The van der Waals surface area contributed by atoms with Crippen molar-refractivity contribution in [3.63, 3.8) is 0 Å². The van der Waals surface area contributed by atoms with E-state index in [0.29, 0.717) is 0 Å². The van der Waals surface area contributed by atoms with Crippen LogP contribution in [0.4, 0.5) is 0 Å². The van der Waals surface area contributed by atoms with E-state index in [9.17, 15) is 19.2 Å². The minimum Gasteiger partial charge on any atom is -0.476 e. The normalized spacial score (nSPS) is 19.1. The number of carbonyl (C=O) groups excluding carboxylic acids is 4. The van der Waals surface area contributed by atoms with Crippen molar-refractivity contribution in [3.8, 4) is 0 Å². The number of hydrogen-bond donors (Lipinski definition) is 0. The van der Waals surface area contributed by atoms with Crippen molar-refractivity contribution in [1.82, 2.24) is 0 Å². The zero-order valence-corrected chi connectivity index (χ0v) is 12.8. The molecule has 0 aliphatic carbocycles. The zero-order chi connectivity index (χ0) is 18.1. The molecule has 11 heteroatoms. The predicted octanol–water partition coefficient (Wildman–Crippen LogP) is -1.07. The van der Waals surface area contributed by atoms with Crippen molar-refractivity contribution >= 4 is 31.2 Å². The summed E-state index contributed by atoms with van der Waals surface area (Å²) in [7, 11) is -0.829. The summed E-state index contributed by atoms with van der Waals surface area (Å²) in [6.07, 6.45) is -0.517. The van der Waals surface area contributed by atoms with E-state index in [4.69, 9.17) is 18.8 Å². The van der Waals surface area contributed by atoms with Crippen molar-refractivity contribution < 1.29 is 47.4 Å². The van der Waals surface area contributed by atoms with E-state index in [1.807, 2.05) is 0 Å². The molecule has 0 bridgehead atoms. The third-order valence-electron chi connectivity index (χ3n) is 2.50. The Balaban J connectivity index is 2.79. The van der Waals surface area contributed by atoms with Crippen molar-refractivity contribution in [2.75, 3.05) is 20.3 Å². The molecule has 0 amide bonds. The van der Waals surface area contributed by atoms with E-state index in [1.165, 1.54) is 12.2 Å². The van der Waals surface area contributed by atoms with Gasteiger partial charge in [0, 0.05) is 0 Å². The van der Waals surface area contributed by atoms with Crippen LogP contribution in [-0.4, -0.2) is 63.7 Å². The van der Waals surface area contributed by atoms with Gasteiger partial charge in [-0.3, -0.25) is 0 Å². The molecule has 1 rings (SSSR count). The van der Waals surface area contributed by atoms with Gasteiger partial charge < -0.3 is 28.2 Å². The van der Waals surface area contributed by atoms with Crippen LogP contribution >= 0.6 is 0 Å². The SMILES string of the molecule is C=CCOC(=O)C1OB(OC(=O)C(=O)OC)OC1C(=O)OCC=C. The van der Waals surface area contributed by atoms with Crippen LogP contribution in [0, 0.1) is 0 Å². The second kappa shape index (κ2) is 9.48. The summed E-state index contributed by atoms with van der Waals surface area (Å²) in [6, 6.07) is 0. The van der Waals surface area contributed by atoms with Crippen LogP contribution in [0.5, 0.6) is 0 Å². The molecule has 0 spiro atoms. The minimum atomic E-state index is -1.79. The van der Waals surface area contributed by atoms with Crippen LogP contribution in [0.2, 0.25) is 0 Å². The predicted molar refractivity (Wildman–Crippen MR) is 75.9 cm³/mol. The number of rotatable bonds is 7. The van der Waals surface area contributed by atoms with Crippen LogP contribution < -0.4 is 0 Å². The monoisotopic (exact) mass is 342 g/mol. The molecule has 10 nitrogen and oxygen atoms in total. The second-order valence-electron chi connectivity index (χ2n) is 4.14. The number of carbonyl (C=O) groups is 4. The lowest BCUT2D eigenvalue weighted by Crippen LogP contribution is -2.39. The highest BCUT2D eigenvalue weighted by Crippen LogP contribution is 2.20. The molecule has 2 unspecified atom stereocenters. The van der Waals surface area contributed by atoms with Crippen molar-refractivity contribution in [1.29, 1.82) is 0 Å². The highest BCUT2D eigenvalue weighted by atomic mass is 16.8. The average molecular weight is 342 g/mol. The third-order valence-corrected chi connectivity index (χ3v) is 2.50. The first-order valence-corrected chi connectivity index (χ1v) is 6.59. The molecule has 0 N–H and O–H groups in total. The van der Waals surface area contributed by atoms with Crippen LogP contribution in [0.15, 0.2) is 25.3 Å². The molecule has 0 aromatic rings. The van der Waals surface area contributed by atoms with Gasteiger partial charge in [-0.15, -0.1) is 0 Å². The Kier molecular flexibility index (Phi) is 7.66. The van der Waals surface area contributed by atoms with E-state index in [2.05, 4.69) is 22.5 Å². The molecule has 1 fully saturated rings. The van der Waals surface area contributed by atoms with Crippen molar-refractivity contribution in [3.05, 3.63) is 25.3 Å². The Hall–Kier alpha value is -2.66.